The smallest absolute Gasteiger partial charge is 0.227 e. The predicted molar refractivity (Wildman–Crippen MR) is 62.0 cm³/mol. The molecule has 0 fully saturated rings. The first-order valence-corrected chi connectivity index (χ1v) is 6.49. The molecule has 0 aromatic rings. The molecule has 0 aromatic heterocycles. The van der Waals surface area contributed by atoms with Crippen LogP contribution in [0.2, 0.25) is 6.55 Å². The number of hydrogen-bond acceptors (Lipinski definition) is 3. The van der Waals surface area contributed by atoms with Gasteiger partial charge in [-0.15, -0.1) is 0 Å². The van der Waals surface area contributed by atoms with E-state index in [0.29, 0.717) is 12.3 Å². The fraction of sp³-hybridized carbons (Fsp3) is 0.727. The first-order chi connectivity index (χ1) is 6.79. The maximum absolute atomic E-state index is 11.7. The maximum atomic E-state index is 11.7. The van der Waals surface area contributed by atoms with Crippen LogP contribution in [0.1, 0.15) is 34.1 Å². The quantitative estimate of drug-likeness (QED) is 0.465. The van der Waals surface area contributed by atoms with E-state index in [2.05, 4.69) is 0 Å². The first-order valence-electron chi connectivity index (χ1n) is 5.08. The summed E-state index contributed by atoms with van der Waals surface area (Å²) in [4.78, 5) is 11.7. The molecule has 16 heavy (non-hydrogen) atoms. The molecule has 0 rings (SSSR count). The van der Waals surface area contributed by atoms with E-state index in [1.807, 2.05) is 20.4 Å². The van der Waals surface area contributed by atoms with E-state index in [-0.39, 0.29) is 38.4 Å². The minimum Gasteiger partial charge on any atom is -0.512 e. The Morgan fingerprint density at radius 3 is 2.38 bits per heavy atom. The molecule has 0 atom stereocenters. The Balaban J connectivity index is 0. The van der Waals surface area contributed by atoms with Crippen LogP contribution in [-0.2, 0) is 26.3 Å². The van der Waals surface area contributed by atoms with Crippen molar-refractivity contribution < 1.29 is 31.4 Å². The molecule has 0 aromatic carbocycles. The van der Waals surface area contributed by atoms with Gasteiger partial charge in [-0.25, -0.2) is 0 Å². The molecule has 0 heterocycles. The van der Waals surface area contributed by atoms with Crippen LogP contribution in [0, 0.1) is 5.92 Å². The third-order valence-electron chi connectivity index (χ3n) is 1.87. The van der Waals surface area contributed by atoms with Crippen molar-refractivity contribution >= 4 is 15.5 Å². The summed E-state index contributed by atoms with van der Waals surface area (Å²) in [6.45, 7) is 9.27. The van der Waals surface area contributed by atoms with Crippen molar-refractivity contribution in [1.82, 2.24) is 0 Å². The molecular formula is C11H20CuO3Si. The van der Waals surface area contributed by atoms with Gasteiger partial charge < -0.3 is 9.53 Å². The standard InChI is InChI=1S/C11H20O3Si.Cu/c1-8(2)6-9(12)7-10(13)11(3,4)14-15-5;/h7-8,12H,6H2,1-5H3;/b9-7-;. The van der Waals surface area contributed by atoms with Crippen molar-refractivity contribution in [2.24, 2.45) is 5.92 Å². The van der Waals surface area contributed by atoms with Gasteiger partial charge in [-0.05, 0) is 26.3 Å². The molecule has 0 saturated carbocycles. The SMILES string of the molecule is C[Si]OC(C)(C)C(=O)/C=C(\O)CC(C)C.[Cu]. The Morgan fingerprint density at radius 1 is 1.50 bits per heavy atom. The summed E-state index contributed by atoms with van der Waals surface area (Å²) in [6, 6.07) is 0. The van der Waals surface area contributed by atoms with Gasteiger partial charge in [0, 0.05) is 29.6 Å². The van der Waals surface area contributed by atoms with E-state index in [9.17, 15) is 9.90 Å². The Morgan fingerprint density at radius 2 is 2.00 bits per heavy atom. The predicted octanol–water partition coefficient (Wildman–Crippen LogP) is 2.50. The van der Waals surface area contributed by atoms with Crippen molar-refractivity contribution in [1.29, 1.82) is 0 Å². The van der Waals surface area contributed by atoms with Crippen molar-refractivity contribution in [3.63, 3.8) is 0 Å². The number of rotatable bonds is 6. The van der Waals surface area contributed by atoms with Gasteiger partial charge in [0.15, 0.2) is 5.78 Å². The summed E-state index contributed by atoms with van der Waals surface area (Å²) in [6.07, 6.45) is 1.80. The van der Waals surface area contributed by atoms with E-state index in [1.165, 1.54) is 6.08 Å². The number of carbonyl (C=O) groups excluding carboxylic acids is 1. The number of hydrogen-bond donors (Lipinski definition) is 1. The molecule has 0 unspecified atom stereocenters. The first kappa shape index (κ1) is 18.3. The second-order valence-corrected chi connectivity index (χ2v) is 5.03. The number of aliphatic hydroxyl groups is 1. The molecule has 1 N–H and O–H groups in total. The summed E-state index contributed by atoms with van der Waals surface area (Å²) < 4.78 is 5.32. The second kappa shape index (κ2) is 8.06. The molecular weight excluding hydrogens is 272 g/mol. The monoisotopic (exact) mass is 291 g/mol. The third kappa shape index (κ3) is 7.22. The van der Waals surface area contributed by atoms with Crippen LogP contribution in [0.3, 0.4) is 0 Å². The van der Waals surface area contributed by atoms with Gasteiger partial charge in [0.05, 0.1) is 5.76 Å². The van der Waals surface area contributed by atoms with E-state index in [4.69, 9.17) is 4.43 Å². The largest absolute Gasteiger partial charge is 0.512 e. The van der Waals surface area contributed by atoms with Crippen LogP contribution in [0.15, 0.2) is 11.8 Å². The minimum atomic E-state index is -0.835. The molecule has 3 radical (unpaired) electrons. The average Bonchev–Trinajstić information content (AvgIpc) is 2.01. The average molecular weight is 292 g/mol. The summed E-state index contributed by atoms with van der Waals surface area (Å²) in [5.74, 6) is 0.284. The zero-order chi connectivity index (χ0) is 12.1. The summed E-state index contributed by atoms with van der Waals surface area (Å²) >= 11 is 0. The van der Waals surface area contributed by atoms with E-state index >= 15 is 0 Å². The summed E-state index contributed by atoms with van der Waals surface area (Å²) in [7, 11) is 0.263. The van der Waals surface area contributed by atoms with Crippen LogP contribution in [0.4, 0.5) is 0 Å². The Kier molecular flexibility index (Phi) is 9.21. The number of allylic oxidation sites excluding steroid dienone is 1. The van der Waals surface area contributed by atoms with Gasteiger partial charge in [0.25, 0.3) is 0 Å². The van der Waals surface area contributed by atoms with Crippen molar-refractivity contribution in [3.8, 4) is 0 Å². The number of aliphatic hydroxyl groups excluding tert-OH is 1. The Bertz CT molecular complexity index is 250. The van der Waals surface area contributed by atoms with Crippen LogP contribution in [0.25, 0.3) is 0 Å². The molecule has 0 bridgehead atoms. The number of carbonyl (C=O) groups is 1. The molecule has 97 valence electrons. The fourth-order valence-corrected chi connectivity index (χ4v) is 1.72. The van der Waals surface area contributed by atoms with Crippen LogP contribution >= 0.6 is 0 Å². The molecule has 5 heteroatoms. The third-order valence-corrected chi connectivity index (χ3v) is 2.58. The van der Waals surface area contributed by atoms with Crippen molar-refractivity contribution in [2.45, 2.75) is 46.3 Å². The van der Waals surface area contributed by atoms with Crippen LogP contribution in [0.5, 0.6) is 0 Å². The Labute approximate surface area is 111 Å². The molecule has 0 aliphatic rings. The number of ketones is 1. The zero-order valence-electron chi connectivity index (χ0n) is 10.4. The molecule has 0 spiro atoms. The van der Waals surface area contributed by atoms with Gasteiger partial charge >= 0.3 is 0 Å². The zero-order valence-corrected chi connectivity index (χ0v) is 12.4. The minimum absolute atomic E-state index is 0. The molecule has 0 amide bonds. The Hall–Kier alpha value is -0.0936. The van der Waals surface area contributed by atoms with Gasteiger partial charge in [-0.1, -0.05) is 13.8 Å². The van der Waals surface area contributed by atoms with Gasteiger partial charge in [0.1, 0.15) is 5.60 Å². The van der Waals surface area contributed by atoms with Crippen LogP contribution in [-0.4, -0.2) is 26.3 Å². The molecule has 0 aliphatic carbocycles. The van der Waals surface area contributed by atoms with Gasteiger partial charge in [0.2, 0.25) is 9.76 Å². The molecule has 0 saturated heterocycles. The second-order valence-electron chi connectivity index (χ2n) is 4.41. The topological polar surface area (TPSA) is 46.5 Å². The van der Waals surface area contributed by atoms with E-state index in [0.717, 1.165) is 0 Å². The van der Waals surface area contributed by atoms with Crippen LogP contribution < -0.4 is 0 Å². The summed E-state index contributed by atoms with van der Waals surface area (Å²) in [5, 5.41) is 9.51. The van der Waals surface area contributed by atoms with Gasteiger partial charge in [-0.3, -0.25) is 4.79 Å². The van der Waals surface area contributed by atoms with E-state index < -0.39 is 5.60 Å². The fourth-order valence-electron chi connectivity index (χ4n) is 1.11. The van der Waals surface area contributed by atoms with Gasteiger partial charge in [-0.2, -0.15) is 0 Å². The normalized spacial score (nSPS) is 12.5. The molecule has 3 nitrogen and oxygen atoms in total. The molecule has 0 aliphatic heterocycles. The van der Waals surface area contributed by atoms with E-state index in [1.54, 1.807) is 13.8 Å². The van der Waals surface area contributed by atoms with Crippen molar-refractivity contribution in [3.05, 3.63) is 11.8 Å². The van der Waals surface area contributed by atoms with Crippen molar-refractivity contribution in [2.75, 3.05) is 0 Å². The maximum Gasteiger partial charge on any atom is 0.227 e. The summed E-state index contributed by atoms with van der Waals surface area (Å²) in [5.41, 5.74) is -0.835.